The van der Waals surface area contributed by atoms with Gasteiger partial charge in [0.2, 0.25) is 0 Å². The first-order chi connectivity index (χ1) is 6.54. The van der Waals surface area contributed by atoms with Crippen molar-refractivity contribution >= 4 is 11.6 Å². The van der Waals surface area contributed by atoms with Gasteiger partial charge in [-0.3, -0.25) is 10.0 Å². The quantitative estimate of drug-likeness (QED) is 0.426. The fourth-order valence-electron chi connectivity index (χ4n) is 1.05. The van der Waals surface area contributed by atoms with Gasteiger partial charge in [0.15, 0.2) is 0 Å². The van der Waals surface area contributed by atoms with Crippen molar-refractivity contribution in [2.45, 2.75) is 19.9 Å². The van der Waals surface area contributed by atoms with Crippen LogP contribution in [0.4, 0.5) is 0 Å². The minimum absolute atomic E-state index is 0.0617. The van der Waals surface area contributed by atoms with Gasteiger partial charge in [0.05, 0.1) is 12.6 Å². The molecule has 14 heavy (non-hydrogen) atoms. The molecule has 7 heteroatoms. The van der Waals surface area contributed by atoms with Crippen LogP contribution in [-0.2, 0) is 4.84 Å². The molecule has 0 spiro atoms. The maximum Gasteiger partial charge on any atom is 0.144 e. The second-order valence-electron chi connectivity index (χ2n) is 3.20. The lowest BCUT2D eigenvalue weighted by molar-refractivity contribution is -0.348. The molecule has 0 rings (SSSR count). The van der Waals surface area contributed by atoms with E-state index in [-0.39, 0.29) is 24.6 Å². The van der Waals surface area contributed by atoms with Crippen LogP contribution in [0.5, 0.6) is 0 Å². The summed E-state index contributed by atoms with van der Waals surface area (Å²) >= 11 is 5.24. The Hall–Kier alpha value is 0.0500. The molecule has 0 aliphatic heterocycles. The van der Waals surface area contributed by atoms with Gasteiger partial charge in [0, 0.05) is 7.05 Å². The van der Waals surface area contributed by atoms with E-state index in [4.69, 9.17) is 16.7 Å². The molecular formula is C7H18ClN3O3. The number of alkyl halides is 1. The lowest BCUT2D eigenvalue weighted by atomic mass is 10.1. The fourth-order valence-corrected chi connectivity index (χ4v) is 1.10. The summed E-state index contributed by atoms with van der Waals surface area (Å²) in [5, 5.41) is 20.5. The van der Waals surface area contributed by atoms with Gasteiger partial charge in [0.1, 0.15) is 6.07 Å². The normalized spacial score (nSPS) is 14.4. The number of hydrogen-bond acceptors (Lipinski definition) is 6. The summed E-state index contributed by atoms with van der Waals surface area (Å²) in [5.74, 6) is 0.192. The summed E-state index contributed by atoms with van der Waals surface area (Å²) in [6.45, 7) is 3.81. The lowest BCUT2D eigenvalue weighted by Crippen LogP contribution is -2.54. The predicted octanol–water partition coefficient (Wildman–Crippen LogP) is 0.174. The number of hydrazine groups is 2. The first-order valence-corrected chi connectivity index (χ1v) is 4.84. The SMILES string of the molecule is CC(C)C(CO)N(C)N(O)NOCCl. The number of likely N-dealkylation sites (N-methyl/N-ethyl adjacent to an activating group) is 1. The van der Waals surface area contributed by atoms with Gasteiger partial charge in [-0.1, -0.05) is 31.0 Å². The number of rotatable bonds is 7. The summed E-state index contributed by atoms with van der Waals surface area (Å²) in [7, 11) is 1.62. The molecular weight excluding hydrogens is 210 g/mol. The van der Waals surface area contributed by atoms with Crippen LogP contribution in [-0.4, -0.2) is 46.4 Å². The van der Waals surface area contributed by atoms with Crippen molar-refractivity contribution in [1.29, 1.82) is 0 Å². The standard InChI is InChI=1S/C7H18ClN3O3/c1-6(2)7(4-12)10(3)11(13)9-14-5-8/h6-7,9,12-13H,4-5H2,1-3H3. The van der Waals surface area contributed by atoms with Gasteiger partial charge in [0.25, 0.3) is 0 Å². The first kappa shape index (κ1) is 14.1. The molecule has 86 valence electrons. The van der Waals surface area contributed by atoms with Crippen molar-refractivity contribution in [2.24, 2.45) is 5.92 Å². The van der Waals surface area contributed by atoms with Crippen LogP contribution in [0.25, 0.3) is 0 Å². The average Bonchev–Trinajstić information content (AvgIpc) is 2.14. The molecule has 0 aromatic heterocycles. The van der Waals surface area contributed by atoms with Gasteiger partial charge in [-0.2, -0.15) is 5.01 Å². The van der Waals surface area contributed by atoms with Crippen LogP contribution in [0.2, 0.25) is 0 Å². The van der Waals surface area contributed by atoms with Gasteiger partial charge in [-0.05, 0) is 11.2 Å². The average molecular weight is 228 g/mol. The van der Waals surface area contributed by atoms with E-state index >= 15 is 0 Å². The molecule has 6 nitrogen and oxygen atoms in total. The van der Waals surface area contributed by atoms with Crippen LogP contribution in [0, 0.1) is 5.92 Å². The van der Waals surface area contributed by atoms with E-state index in [9.17, 15) is 5.21 Å². The summed E-state index contributed by atoms with van der Waals surface area (Å²) < 4.78 is 0. The zero-order chi connectivity index (χ0) is 11.1. The number of nitrogens with one attached hydrogen (secondary N) is 1. The van der Waals surface area contributed by atoms with Crippen LogP contribution >= 0.6 is 11.6 Å². The van der Waals surface area contributed by atoms with Crippen LogP contribution in [0.15, 0.2) is 0 Å². The van der Waals surface area contributed by atoms with Crippen molar-refractivity contribution in [3.8, 4) is 0 Å². The minimum Gasteiger partial charge on any atom is -0.395 e. The molecule has 1 atom stereocenters. The Morgan fingerprint density at radius 3 is 2.43 bits per heavy atom. The Kier molecular flexibility index (Phi) is 7.38. The van der Waals surface area contributed by atoms with E-state index in [1.54, 1.807) is 7.05 Å². The molecule has 0 saturated carbocycles. The second kappa shape index (κ2) is 7.36. The number of hydrogen-bond donors (Lipinski definition) is 3. The Morgan fingerprint density at radius 1 is 1.50 bits per heavy atom. The van der Waals surface area contributed by atoms with E-state index in [1.165, 1.54) is 5.01 Å². The monoisotopic (exact) mass is 227 g/mol. The van der Waals surface area contributed by atoms with E-state index in [1.807, 2.05) is 13.8 Å². The second-order valence-corrected chi connectivity index (χ2v) is 3.42. The predicted molar refractivity (Wildman–Crippen MR) is 52.0 cm³/mol. The van der Waals surface area contributed by atoms with Crippen molar-refractivity contribution < 1.29 is 15.2 Å². The molecule has 0 aromatic rings. The largest absolute Gasteiger partial charge is 0.395 e. The Balaban J connectivity index is 4.05. The molecule has 0 heterocycles. The highest BCUT2D eigenvalue weighted by atomic mass is 35.5. The number of aliphatic hydroxyl groups is 1. The highest BCUT2D eigenvalue weighted by Gasteiger charge is 2.22. The van der Waals surface area contributed by atoms with Gasteiger partial charge in [-0.25, -0.2) is 0 Å². The van der Waals surface area contributed by atoms with Crippen molar-refractivity contribution in [2.75, 3.05) is 19.7 Å². The fraction of sp³-hybridized carbons (Fsp3) is 1.00. The molecule has 1 unspecified atom stereocenters. The molecule has 0 aromatic carbocycles. The van der Waals surface area contributed by atoms with Gasteiger partial charge < -0.3 is 5.11 Å². The molecule has 0 bridgehead atoms. The zero-order valence-corrected chi connectivity index (χ0v) is 9.40. The highest BCUT2D eigenvalue weighted by Crippen LogP contribution is 2.08. The third-order valence-corrected chi connectivity index (χ3v) is 2.05. The van der Waals surface area contributed by atoms with Gasteiger partial charge >= 0.3 is 0 Å². The van der Waals surface area contributed by atoms with Crippen LogP contribution in [0.3, 0.4) is 0 Å². The highest BCUT2D eigenvalue weighted by molar-refractivity contribution is 6.17. The maximum absolute atomic E-state index is 9.35. The minimum atomic E-state index is -0.202. The molecule has 3 N–H and O–H groups in total. The summed E-state index contributed by atoms with van der Waals surface area (Å²) in [5.41, 5.74) is 2.17. The van der Waals surface area contributed by atoms with E-state index in [2.05, 4.69) is 10.4 Å². The third-order valence-electron chi connectivity index (χ3n) is 1.94. The third kappa shape index (κ3) is 4.52. The van der Waals surface area contributed by atoms with Crippen molar-refractivity contribution in [3.63, 3.8) is 0 Å². The maximum atomic E-state index is 9.35. The summed E-state index contributed by atoms with van der Waals surface area (Å²) in [6.07, 6.45) is 0. The van der Waals surface area contributed by atoms with Crippen LogP contribution < -0.4 is 5.59 Å². The van der Waals surface area contributed by atoms with E-state index in [0.717, 1.165) is 0 Å². The lowest BCUT2D eigenvalue weighted by Gasteiger charge is -2.33. The Bertz CT molecular complexity index is 150. The van der Waals surface area contributed by atoms with Crippen molar-refractivity contribution in [3.05, 3.63) is 0 Å². The Labute approximate surface area is 88.9 Å². The molecule has 0 aliphatic rings. The zero-order valence-electron chi connectivity index (χ0n) is 8.64. The number of halogens is 1. The van der Waals surface area contributed by atoms with Gasteiger partial charge in [-0.15, -0.1) is 0 Å². The number of aliphatic hydroxyl groups excluding tert-OH is 1. The first-order valence-electron chi connectivity index (χ1n) is 4.30. The smallest absolute Gasteiger partial charge is 0.144 e. The molecule has 0 saturated heterocycles. The van der Waals surface area contributed by atoms with Crippen molar-refractivity contribution in [1.82, 2.24) is 15.9 Å². The van der Waals surface area contributed by atoms with E-state index < -0.39 is 0 Å². The molecule has 0 fully saturated rings. The molecule has 0 amide bonds. The molecule has 0 radical (unpaired) electrons. The Morgan fingerprint density at radius 2 is 2.07 bits per heavy atom. The van der Waals surface area contributed by atoms with E-state index in [0.29, 0.717) is 5.28 Å². The topological polar surface area (TPSA) is 68.2 Å². The summed E-state index contributed by atoms with van der Waals surface area (Å²) in [4.78, 5) is 4.56. The number of nitrogens with zero attached hydrogens (tertiary/aromatic N) is 2. The summed E-state index contributed by atoms with van der Waals surface area (Å²) in [6, 6.07) is -0.289. The van der Waals surface area contributed by atoms with Crippen LogP contribution in [0.1, 0.15) is 13.8 Å². The molecule has 0 aliphatic carbocycles.